The molecule has 2 heterocycles. The predicted molar refractivity (Wildman–Crippen MR) is 135 cm³/mol. The van der Waals surface area contributed by atoms with Gasteiger partial charge in [0.2, 0.25) is 0 Å². The van der Waals surface area contributed by atoms with Gasteiger partial charge in [-0.05, 0) is 68.0 Å². The molecule has 3 aromatic rings. The van der Waals surface area contributed by atoms with E-state index in [1.165, 1.54) is 40.6 Å². The monoisotopic (exact) mass is 458 g/mol. The van der Waals surface area contributed by atoms with Crippen molar-refractivity contribution in [3.8, 4) is 0 Å². The summed E-state index contributed by atoms with van der Waals surface area (Å²) in [4.78, 5) is 24.4. The van der Waals surface area contributed by atoms with Crippen molar-refractivity contribution in [2.45, 2.75) is 58.0 Å². The highest BCUT2D eigenvalue weighted by Crippen LogP contribution is 2.33. The van der Waals surface area contributed by atoms with Crippen molar-refractivity contribution < 1.29 is 9.59 Å². The molecule has 34 heavy (non-hydrogen) atoms. The number of hydrazine groups is 1. The Morgan fingerprint density at radius 3 is 2.56 bits per heavy atom. The zero-order valence-electron chi connectivity index (χ0n) is 19.8. The quantitative estimate of drug-likeness (QED) is 0.501. The molecular formula is C28H34N4O2. The fourth-order valence-corrected chi connectivity index (χ4v) is 5.30. The average molecular weight is 459 g/mol. The third-order valence-electron chi connectivity index (χ3n) is 7.13. The molecule has 178 valence electrons. The standard InChI is InChI=1S/C28H34N4O2/c33-23-13-17-31(18-14-23)30-28(34)22-11-12-27-25(19-22)24-9-4-5-10-26(24)32(27)16-6-15-29-20-21-7-2-1-3-8-21/h1-3,7-8,11-12,19,29H,4-6,9-10,13-18,20H2,(H,30,34). The molecule has 0 bridgehead atoms. The maximum atomic E-state index is 12.9. The van der Waals surface area contributed by atoms with Crippen LogP contribution in [-0.2, 0) is 30.7 Å². The number of piperidine rings is 1. The van der Waals surface area contributed by atoms with Gasteiger partial charge in [-0.25, -0.2) is 5.01 Å². The van der Waals surface area contributed by atoms with Crippen LogP contribution >= 0.6 is 0 Å². The third kappa shape index (κ3) is 5.08. The Morgan fingerprint density at radius 1 is 0.941 bits per heavy atom. The maximum Gasteiger partial charge on any atom is 0.265 e. The zero-order valence-corrected chi connectivity index (χ0v) is 19.8. The summed E-state index contributed by atoms with van der Waals surface area (Å²) in [5, 5.41) is 6.67. The fraction of sp³-hybridized carbons (Fsp3) is 0.429. The first-order valence-corrected chi connectivity index (χ1v) is 12.7. The van der Waals surface area contributed by atoms with Crippen LogP contribution in [-0.4, -0.2) is 40.9 Å². The predicted octanol–water partition coefficient (Wildman–Crippen LogP) is 4.01. The molecule has 1 aliphatic heterocycles. The summed E-state index contributed by atoms with van der Waals surface area (Å²) in [7, 11) is 0. The Morgan fingerprint density at radius 2 is 1.74 bits per heavy atom. The molecule has 2 N–H and O–H groups in total. The van der Waals surface area contributed by atoms with Crippen LogP contribution in [0.4, 0.5) is 0 Å². The number of hydrogen-bond acceptors (Lipinski definition) is 4. The lowest BCUT2D eigenvalue weighted by Gasteiger charge is -2.26. The summed E-state index contributed by atoms with van der Waals surface area (Å²) < 4.78 is 2.49. The third-order valence-corrected chi connectivity index (χ3v) is 7.13. The molecule has 2 aromatic carbocycles. The average Bonchev–Trinajstić information content (AvgIpc) is 3.19. The molecule has 1 saturated heterocycles. The van der Waals surface area contributed by atoms with E-state index >= 15 is 0 Å². The number of fused-ring (bicyclic) bond motifs is 3. The largest absolute Gasteiger partial charge is 0.344 e. The van der Waals surface area contributed by atoms with Gasteiger partial charge < -0.3 is 9.88 Å². The van der Waals surface area contributed by atoms with Gasteiger partial charge in [-0.1, -0.05) is 30.3 Å². The molecule has 0 spiro atoms. The molecule has 6 heteroatoms. The van der Waals surface area contributed by atoms with Gasteiger partial charge in [0.15, 0.2) is 0 Å². The highest BCUT2D eigenvalue weighted by Gasteiger charge is 2.22. The van der Waals surface area contributed by atoms with Crippen LogP contribution in [0.2, 0.25) is 0 Å². The molecule has 5 rings (SSSR count). The fourth-order valence-electron chi connectivity index (χ4n) is 5.30. The van der Waals surface area contributed by atoms with Crippen LogP contribution in [0.15, 0.2) is 48.5 Å². The van der Waals surface area contributed by atoms with Crippen LogP contribution in [0, 0.1) is 0 Å². The van der Waals surface area contributed by atoms with Gasteiger partial charge in [0.25, 0.3) is 5.91 Å². The number of carbonyl (C=O) groups excluding carboxylic acids is 2. The van der Waals surface area contributed by atoms with Crippen LogP contribution in [0.3, 0.4) is 0 Å². The Bertz CT molecular complexity index is 1160. The molecule has 1 aliphatic carbocycles. The highest BCUT2D eigenvalue weighted by molar-refractivity contribution is 5.99. The Labute approximate surface area is 201 Å². The SMILES string of the molecule is O=C1CCN(NC(=O)c2ccc3c(c2)c2c(n3CCCNCc3ccccc3)CCCC2)CC1. The van der Waals surface area contributed by atoms with Gasteiger partial charge in [-0.3, -0.25) is 15.0 Å². The first kappa shape index (κ1) is 22.8. The second kappa shape index (κ2) is 10.5. The van der Waals surface area contributed by atoms with E-state index in [9.17, 15) is 9.59 Å². The van der Waals surface area contributed by atoms with Gasteiger partial charge in [0, 0.05) is 61.2 Å². The van der Waals surface area contributed by atoms with Crippen molar-refractivity contribution in [1.29, 1.82) is 0 Å². The number of aromatic nitrogens is 1. The number of Topliss-reactive ketones (excluding diaryl/α,β-unsaturated/α-hetero) is 1. The number of nitrogens with one attached hydrogen (secondary N) is 2. The lowest BCUT2D eigenvalue weighted by molar-refractivity contribution is -0.122. The van der Waals surface area contributed by atoms with E-state index in [0.29, 0.717) is 31.5 Å². The molecule has 0 saturated carbocycles. The summed E-state index contributed by atoms with van der Waals surface area (Å²) in [5.74, 6) is 0.189. The van der Waals surface area contributed by atoms with Gasteiger partial charge in [-0.2, -0.15) is 0 Å². The van der Waals surface area contributed by atoms with Gasteiger partial charge >= 0.3 is 0 Å². The summed E-state index contributed by atoms with van der Waals surface area (Å²) >= 11 is 0. The van der Waals surface area contributed by atoms with E-state index in [0.717, 1.165) is 38.9 Å². The molecule has 1 fully saturated rings. The minimum atomic E-state index is -0.0846. The first-order valence-electron chi connectivity index (χ1n) is 12.7. The molecule has 2 aliphatic rings. The van der Waals surface area contributed by atoms with Crippen molar-refractivity contribution in [3.05, 3.63) is 70.9 Å². The molecule has 0 unspecified atom stereocenters. The number of amides is 1. The maximum absolute atomic E-state index is 12.9. The second-order valence-electron chi connectivity index (χ2n) is 9.50. The van der Waals surface area contributed by atoms with E-state index in [-0.39, 0.29) is 11.7 Å². The van der Waals surface area contributed by atoms with Crippen LogP contribution in [0.1, 0.15) is 59.3 Å². The van der Waals surface area contributed by atoms with Crippen LogP contribution in [0.5, 0.6) is 0 Å². The highest BCUT2D eigenvalue weighted by atomic mass is 16.2. The summed E-state index contributed by atoms with van der Waals surface area (Å²) in [6.07, 6.45) is 6.74. The van der Waals surface area contributed by atoms with E-state index < -0.39 is 0 Å². The Kier molecular flexibility index (Phi) is 7.07. The van der Waals surface area contributed by atoms with Crippen LogP contribution < -0.4 is 10.7 Å². The normalized spacial score (nSPS) is 16.5. The molecule has 0 atom stereocenters. The second-order valence-corrected chi connectivity index (χ2v) is 9.50. The zero-order chi connectivity index (χ0) is 23.3. The summed E-state index contributed by atoms with van der Waals surface area (Å²) in [6.45, 7) is 4.05. The molecule has 6 nitrogen and oxygen atoms in total. The topological polar surface area (TPSA) is 66.4 Å². The molecule has 1 amide bonds. The van der Waals surface area contributed by atoms with Crippen molar-refractivity contribution in [3.63, 3.8) is 0 Å². The van der Waals surface area contributed by atoms with Crippen LogP contribution in [0.25, 0.3) is 10.9 Å². The number of nitrogens with zero attached hydrogens (tertiary/aromatic N) is 2. The molecular weight excluding hydrogens is 424 g/mol. The number of carbonyl (C=O) groups is 2. The minimum absolute atomic E-state index is 0.0846. The number of ketones is 1. The van der Waals surface area contributed by atoms with E-state index in [1.54, 1.807) is 0 Å². The van der Waals surface area contributed by atoms with Crippen molar-refractivity contribution in [2.75, 3.05) is 19.6 Å². The smallest absolute Gasteiger partial charge is 0.265 e. The van der Waals surface area contributed by atoms with E-state index in [1.807, 2.05) is 11.1 Å². The van der Waals surface area contributed by atoms with Gasteiger partial charge in [0.1, 0.15) is 5.78 Å². The minimum Gasteiger partial charge on any atom is -0.344 e. The number of benzene rings is 2. The van der Waals surface area contributed by atoms with Crippen molar-refractivity contribution in [2.24, 2.45) is 0 Å². The molecule has 0 radical (unpaired) electrons. The lowest BCUT2D eigenvalue weighted by atomic mass is 9.95. The van der Waals surface area contributed by atoms with Gasteiger partial charge in [0.05, 0.1) is 0 Å². The van der Waals surface area contributed by atoms with E-state index in [2.05, 4.69) is 57.8 Å². The molecule has 1 aromatic heterocycles. The number of aryl methyl sites for hydroxylation is 2. The van der Waals surface area contributed by atoms with Crippen molar-refractivity contribution >= 4 is 22.6 Å². The summed E-state index contributed by atoms with van der Waals surface area (Å²) in [6, 6.07) is 16.7. The Balaban J connectivity index is 1.27. The summed E-state index contributed by atoms with van der Waals surface area (Å²) in [5.41, 5.74) is 9.13. The number of hydrogen-bond donors (Lipinski definition) is 2. The number of rotatable bonds is 8. The van der Waals surface area contributed by atoms with Gasteiger partial charge in [-0.15, -0.1) is 0 Å². The van der Waals surface area contributed by atoms with E-state index in [4.69, 9.17) is 0 Å². The Hall–Kier alpha value is -2.96. The first-order chi connectivity index (χ1) is 16.7. The lowest BCUT2D eigenvalue weighted by Crippen LogP contribution is -2.46. The van der Waals surface area contributed by atoms with Crippen molar-refractivity contribution in [1.82, 2.24) is 20.3 Å².